The third-order valence-electron chi connectivity index (χ3n) is 12.1. The fourth-order valence-corrected chi connectivity index (χ4v) is 7.79. The van der Waals surface area contributed by atoms with Gasteiger partial charge in [-0.3, -0.25) is 9.59 Å². The topological polar surface area (TPSA) is 108 Å². The van der Waals surface area contributed by atoms with E-state index < -0.39 is 24.3 Å². The van der Waals surface area contributed by atoms with Crippen molar-refractivity contribution in [2.24, 2.45) is 0 Å². The second kappa shape index (κ2) is 48.9. The van der Waals surface area contributed by atoms with Crippen LogP contribution in [-0.2, 0) is 33.3 Å². The quantitative estimate of drug-likeness (QED) is 0.0211. The molecule has 0 aromatic carbocycles. The van der Waals surface area contributed by atoms with Gasteiger partial charge < -0.3 is 28.5 Å². The Hall–Kier alpha value is -2.49. The van der Waals surface area contributed by atoms with E-state index in [1.54, 1.807) is 0 Å². The minimum atomic E-state index is -1.51. The molecule has 0 aliphatic rings. The van der Waals surface area contributed by atoms with Crippen molar-refractivity contribution in [3.8, 4) is 0 Å². The molecule has 0 bridgehead atoms. The first kappa shape index (κ1) is 63.5. The Kier molecular flexibility index (Phi) is 47.1. The highest BCUT2D eigenvalue weighted by molar-refractivity contribution is 5.71. The Balaban J connectivity index is 4.17. The van der Waals surface area contributed by atoms with E-state index in [-0.39, 0.29) is 32.2 Å². The van der Waals surface area contributed by atoms with Gasteiger partial charge in [0.2, 0.25) is 0 Å². The molecule has 0 aromatic heterocycles. The largest absolute Gasteiger partial charge is 0.477 e. The summed E-state index contributed by atoms with van der Waals surface area (Å²) in [5, 5.41) is 9.67. The molecule has 9 heteroatoms. The van der Waals surface area contributed by atoms with Gasteiger partial charge in [0.1, 0.15) is 13.2 Å². The van der Waals surface area contributed by atoms with E-state index in [0.717, 1.165) is 64.2 Å². The van der Waals surface area contributed by atoms with E-state index in [0.29, 0.717) is 23.9 Å². The maximum Gasteiger partial charge on any atom is 0.361 e. The predicted octanol–water partition coefficient (Wildman–Crippen LogP) is 15.7. The summed E-state index contributed by atoms with van der Waals surface area (Å²) in [7, 11) is 5.96. The number of likely N-dealkylation sites (N-methyl/N-ethyl adjacent to an activating group) is 1. The van der Waals surface area contributed by atoms with Gasteiger partial charge in [-0.1, -0.05) is 211 Å². The second-order valence-corrected chi connectivity index (χ2v) is 19.9. The van der Waals surface area contributed by atoms with Crippen LogP contribution in [0.4, 0.5) is 0 Å². The zero-order chi connectivity index (χ0) is 48.4. The van der Waals surface area contributed by atoms with Gasteiger partial charge in [-0.25, -0.2) is 4.79 Å². The van der Waals surface area contributed by atoms with Gasteiger partial charge >= 0.3 is 17.9 Å². The molecule has 0 aliphatic carbocycles. The molecule has 2 unspecified atom stereocenters. The summed E-state index contributed by atoms with van der Waals surface area (Å²) >= 11 is 0. The highest BCUT2D eigenvalue weighted by Gasteiger charge is 2.25. The fourth-order valence-electron chi connectivity index (χ4n) is 7.79. The molecule has 0 radical (unpaired) electrons. The van der Waals surface area contributed by atoms with Crippen molar-refractivity contribution in [2.45, 2.75) is 264 Å². The lowest BCUT2D eigenvalue weighted by Gasteiger charge is -2.25. The van der Waals surface area contributed by atoms with Crippen LogP contribution < -0.4 is 0 Å². The molecule has 0 saturated carbocycles. The van der Waals surface area contributed by atoms with Crippen molar-refractivity contribution in [1.29, 1.82) is 0 Å². The van der Waals surface area contributed by atoms with Crippen molar-refractivity contribution in [2.75, 3.05) is 47.5 Å². The highest BCUT2D eigenvalue weighted by atomic mass is 16.7. The van der Waals surface area contributed by atoms with Crippen LogP contribution in [-0.4, -0.2) is 87.4 Å². The Labute approximate surface area is 407 Å². The number of quaternary nitrogens is 1. The molecule has 0 heterocycles. The normalized spacial score (nSPS) is 13.0. The van der Waals surface area contributed by atoms with E-state index in [1.807, 2.05) is 21.1 Å². The van der Waals surface area contributed by atoms with E-state index in [1.165, 1.54) is 154 Å². The number of carbonyl (C=O) groups excluding carboxylic acids is 2. The zero-order valence-corrected chi connectivity index (χ0v) is 43.9. The first-order valence-corrected chi connectivity index (χ1v) is 27.7. The molecule has 0 amide bonds. The third-order valence-corrected chi connectivity index (χ3v) is 12.1. The van der Waals surface area contributed by atoms with Gasteiger partial charge in [0.15, 0.2) is 6.10 Å². The molecule has 0 fully saturated rings. The Morgan fingerprint density at radius 1 is 0.455 bits per heavy atom. The number of rotatable bonds is 51. The van der Waals surface area contributed by atoms with Crippen molar-refractivity contribution in [1.82, 2.24) is 0 Å². The summed E-state index contributed by atoms with van der Waals surface area (Å²) in [5.41, 5.74) is 0. The maximum atomic E-state index is 12.8. The highest BCUT2D eigenvalue weighted by Crippen LogP contribution is 2.16. The lowest BCUT2D eigenvalue weighted by atomic mass is 10.0. The standard InChI is InChI=1S/C57H105NO8/c1-6-8-10-12-14-16-18-20-22-23-24-25-26-27-28-29-30-31-32-33-34-36-37-39-41-43-45-47-54(59)64-51-53(52-65-57(56(61)62)63-50-49-58(3,4)5)66-55(60)48-46-44-42-40-38-35-21-19-17-15-13-11-9-7-2/h13,15,19,21,23-24,53,57H,6-12,14,16-18,20,22,25-52H2,1-5H3/p+1/b15-13-,21-19-,24-23-. The second-order valence-electron chi connectivity index (χ2n) is 19.9. The number of allylic oxidation sites excluding steroid dienone is 6. The average Bonchev–Trinajstić information content (AvgIpc) is 3.28. The van der Waals surface area contributed by atoms with Crippen LogP contribution in [0.15, 0.2) is 36.5 Å². The molecule has 386 valence electrons. The molecule has 0 aliphatic heterocycles. The molecule has 0 rings (SSSR count). The number of aliphatic carboxylic acids is 1. The van der Waals surface area contributed by atoms with Crippen molar-refractivity contribution in [3.05, 3.63) is 36.5 Å². The van der Waals surface area contributed by atoms with Crippen LogP contribution in [0.1, 0.15) is 251 Å². The molecule has 9 nitrogen and oxygen atoms in total. The zero-order valence-electron chi connectivity index (χ0n) is 43.9. The van der Waals surface area contributed by atoms with Gasteiger partial charge in [0.05, 0.1) is 34.4 Å². The summed E-state index contributed by atoms with van der Waals surface area (Å²) in [6.45, 7) is 4.84. The van der Waals surface area contributed by atoms with Gasteiger partial charge in [0.25, 0.3) is 6.29 Å². The first-order chi connectivity index (χ1) is 32.1. The maximum absolute atomic E-state index is 12.8. The van der Waals surface area contributed by atoms with Crippen molar-refractivity contribution < 1.29 is 42.9 Å². The lowest BCUT2D eigenvalue weighted by Crippen LogP contribution is -2.40. The molecule has 0 saturated heterocycles. The summed E-state index contributed by atoms with van der Waals surface area (Å²) in [6.07, 6.45) is 55.1. The smallest absolute Gasteiger partial charge is 0.361 e. The van der Waals surface area contributed by atoms with Crippen LogP contribution >= 0.6 is 0 Å². The molecular formula is C57H106NO8+. The van der Waals surface area contributed by atoms with Crippen LogP contribution in [0, 0.1) is 0 Å². The van der Waals surface area contributed by atoms with Crippen molar-refractivity contribution >= 4 is 17.9 Å². The summed E-state index contributed by atoms with van der Waals surface area (Å²) in [5.74, 6) is -2.01. The van der Waals surface area contributed by atoms with Crippen LogP contribution in [0.25, 0.3) is 0 Å². The number of ether oxygens (including phenoxy) is 4. The Bertz CT molecular complexity index is 1180. The number of unbranched alkanes of at least 4 members (excludes halogenated alkanes) is 30. The average molecular weight is 933 g/mol. The summed E-state index contributed by atoms with van der Waals surface area (Å²) in [6, 6.07) is 0. The first-order valence-electron chi connectivity index (χ1n) is 27.7. The number of hydrogen-bond acceptors (Lipinski definition) is 7. The van der Waals surface area contributed by atoms with E-state index in [4.69, 9.17) is 18.9 Å². The molecule has 0 aromatic rings. The van der Waals surface area contributed by atoms with E-state index in [9.17, 15) is 19.5 Å². The minimum Gasteiger partial charge on any atom is -0.477 e. The third kappa shape index (κ3) is 49.4. The van der Waals surface area contributed by atoms with Gasteiger partial charge in [0, 0.05) is 12.8 Å². The monoisotopic (exact) mass is 933 g/mol. The van der Waals surface area contributed by atoms with E-state index >= 15 is 0 Å². The lowest BCUT2D eigenvalue weighted by molar-refractivity contribution is -0.870. The Morgan fingerprint density at radius 2 is 0.833 bits per heavy atom. The molecular weight excluding hydrogens is 827 g/mol. The molecule has 2 atom stereocenters. The number of carbonyl (C=O) groups is 3. The number of carboxylic acids is 1. The minimum absolute atomic E-state index is 0.185. The predicted molar refractivity (Wildman–Crippen MR) is 277 cm³/mol. The number of nitrogens with zero attached hydrogens (tertiary/aromatic N) is 1. The van der Waals surface area contributed by atoms with Crippen LogP contribution in [0.3, 0.4) is 0 Å². The van der Waals surface area contributed by atoms with E-state index in [2.05, 4.69) is 50.3 Å². The summed E-state index contributed by atoms with van der Waals surface area (Å²) < 4.78 is 22.8. The molecule has 0 spiro atoms. The molecule has 1 N–H and O–H groups in total. The van der Waals surface area contributed by atoms with Gasteiger partial charge in [-0.05, 0) is 64.2 Å². The number of hydrogen-bond donors (Lipinski definition) is 1. The number of carboxylic acid groups (broad SMARTS) is 1. The van der Waals surface area contributed by atoms with Crippen molar-refractivity contribution in [3.63, 3.8) is 0 Å². The molecule has 66 heavy (non-hydrogen) atoms. The van der Waals surface area contributed by atoms with Gasteiger partial charge in [-0.15, -0.1) is 0 Å². The number of esters is 2. The SMILES string of the molecule is CCCC/C=C\C/C=C\CCCCCCCC(=O)OC(COC(=O)CCCCCCCCCCCCCCCCC/C=C\CCCCCCCCCC)COC(OCC[N+](C)(C)C)C(=O)O. The summed E-state index contributed by atoms with van der Waals surface area (Å²) in [4.78, 5) is 37.3. The Morgan fingerprint density at radius 3 is 1.26 bits per heavy atom. The van der Waals surface area contributed by atoms with Crippen LogP contribution in [0.2, 0.25) is 0 Å². The fraction of sp³-hybridized carbons (Fsp3) is 0.842. The van der Waals surface area contributed by atoms with Gasteiger partial charge in [-0.2, -0.15) is 0 Å². The van der Waals surface area contributed by atoms with Crippen LogP contribution in [0.5, 0.6) is 0 Å².